The molecule has 1 saturated carbocycles. The molecule has 0 aliphatic heterocycles. The van der Waals surface area contributed by atoms with E-state index in [9.17, 15) is 0 Å². The van der Waals surface area contributed by atoms with Crippen LogP contribution >= 0.6 is 38.5 Å². The van der Waals surface area contributed by atoms with Gasteiger partial charge in [0.15, 0.2) is 0 Å². The summed E-state index contributed by atoms with van der Waals surface area (Å²) in [6.07, 6.45) is 5.18. The zero-order valence-corrected chi connectivity index (χ0v) is 13.0. The molecule has 0 bridgehead atoms. The molecule has 0 radical (unpaired) electrons. The lowest BCUT2D eigenvalue weighted by Gasteiger charge is -2.00. The number of aromatic nitrogens is 5. The predicted octanol–water partition coefficient (Wildman–Crippen LogP) is 2.30. The Morgan fingerprint density at radius 2 is 2.24 bits per heavy atom. The van der Waals surface area contributed by atoms with E-state index < -0.39 is 0 Å². The highest BCUT2D eigenvalue weighted by Gasteiger charge is 2.27. The Morgan fingerprint density at radius 3 is 2.82 bits per heavy atom. The molecule has 1 fully saturated rings. The van der Waals surface area contributed by atoms with Gasteiger partial charge in [0.2, 0.25) is 0 Å². The van der Waals surface area contributed by atoms with Crippen LogP contribution in [0.4, 0.5) is 0 Å². The van der Waals surface area contributed by atoms with Crippen molar-refractivity contribution >= 4 is 38.5 Å². The molecule has 0 N–H and O–H groups in total. The highest BCUT2D eigenvalue weighted by Crippen LogP contribution is 2.37. The van der Waals surface area contributed by atoms with Crippen LogP contribution in [0, 0.1) is 3.70 Å². The van der Waals surface area contributed by atoms with Gasteiger partial charge in [0, 0.05) is 19.0 Å². The maximum Gasteiger partial charge on any atom is 0.147 e. The molecule has 17 heavy (non-hydrogen) atoms. The lowest BCUT2D eigenvalue weighted by molar-refractivity contribution is 0.626. The fourth-order valence-electron chi connectivity index (χ4n) is 1.79. The minimum absolute atomic E-state index is 0.596. The van der Waals surface area contributed by atoms with E-state index in [-0.39, 0.29) is 0 Å². The first-order valence-electron chi connectivity index (χ1n) is 5.42. The molecule has 1 aliphatic rings. The van der Waals surface area contributed by atoms with Gasteiger partial charge >= 0.3 is 0 Å². The van der Waals surface area contributed by atoms with E-state index in [1.807, 2.05) is 13.2 Å². The first kappa shape index (κ1) is 11.6. The van der Waals surface area contributed by atoms with Crippen LogP contribution in [0.5, 0.6) is 0 Å². The first-order valence-corrected chi connectivity index (χ1v) is 7.30. The summed E-state index contributed by atoms with van der Waals surface area (Å²) in [4.78, 5) is 1.61. The molecule has 0 spiro atoms. The van der Waals surface area contributed by atoms with E-state index in [4.69, 9.17) is 0 Å². The van der Waals surface area contributed by atoms with Crippen molar-refractivity contribution in [2.24, 2.45) is 7.05 Å². The van der Waals surface area contributed by atoms with Crippen LogP contribution in [-0.4, -0.2) is 24.8 Å². The Labute approximate surface area is 121 Å². The van der Waals surface area contributed by atoms with Crippen molar-refractivity contribution in [1.29, 1.82) is 0 Å². The third kappa shape index (κ3) is 2.26. The Balaban J connectivity index is 1.87. The highest BCUT2D eigenvalue weighted by molar-refractivity contribution is 14.1. The van der Waals surface area contributed by atoms with Crippen LogP contribution in [0.25, 0.3) is 0 Å². The minimum atomic E-state index is 0.596. The topological polar surface area (TPSA) is 48.5 Å². The Kier molecular flexibility index (Phi) is 2.97. The molecule has 0 amide bonds. The largest absolute Gasteiger partial charge is 0.255 e. The van der Waals surface area contributed by atoms with E-state index in [1.54, 1.807) is 4.80 Å². The molecule has 2 heterocycles. The quantitative estimate of drug-likeness (QED) is 0.733. The Morgan fingerprint density at radius 1 is 1.47 bits per heavy atom. The van der Waals surface area contributed by atoms with Crippen LogP contribution < -0.4 is 0 Å². The molecule has 2 aromatic rings. The van der Waals surface area contributed by atoms with Gasteiger partial charge in [-0.3, -0.25) is 4.68 Å². The fourth-order valence-corrected chi connectivity index (χ4v) is 3.02. The lowest BCUT2D eigenvalue weighted by atomic mass is 10.2. The van der Waals surface area contributed by atoms with Gasteiger partial charge in [0.05, 0.1) is 12.2 Å². The van der Waals surface area contributed by atoms with Crippen molar-refractivity contribution in [3.8, 4) is 0 Å². The molecular weight excluding hydrogens is 397 g/mol. The molecule has 7 heteroatoms. The third-order valence-electron chi connectivity index (χ3n) is 2.79. The molecule has 90 valence electrons. The van der Waals surface area contributed by atoms with Crippen molar-refractivity contribution < 1.29 is 0 Å². The van der Waals surface area contributed by atoms with Gasteiger partial charge in [0.25, 0.3) is 0 Å². The van der Waals surface area contributed by atoms with Gasteiger partial charge in [-0.05, 0) is 51.4 Å². The monoisotopic (exact) mass is 407 g/mol. The number of nitrogens with zero attached hydrogens (tertiary/aromatic N) is 5. The molecule has 5 nitrogen and oxygen atoms in total. The van der Waals surface area contributed by atoms with Crippen LogP contribution in [0.2, 0.25) is 0 Å². The molecule has 0 saturated heterocycles. The standard InChI is InChI=1S/C10H11BrIN5/c1-16-14-8(10(12)15-16)4-6-5-13-17(9(6)11)7-2-3-7/h5,7H,2-4H2,1H3. The number of halogens is 2. The second-order valence-corrected chi connectivity index (χ2v) is 6.01. The summed E-state index contributed by atoms with van der Waals surface area (Å²) in [5.41, 5.74) is 2.18. The first-order chi connectivity index (χ1) is 8.15. The van der Waals surface area contributed by atoms with E-state index >= 15 is 0 Å². The van der Waals surface area contributed by atoms with Crippen LogP contribution in [0.3, 0.4) is 0 Å². The highest BCUT2D eigenvalue weighted by atomic mass is 127. The van der Waals surface area contributed by atoms with E-state index in [0.717, 1.165) is 20.4 Å². The summed E-state index contributed by atoms with van der Waals surface area (Å²) >= 11 is 5.84. The van der Waals surface area contributed by atoms with E-state index in [1.165, 1.54) is 18.4 Å². The third-order valence-corrected chi connectivity index (χ3v) is 4.50. The summed E-state index contributed by atoms with van der Waals surface area (Å²) < 4.78 is 4.11. The average molecular weight is 408 g/mol. The Hall–Kier alpha value is -0.440. The molecule has 3 rings (SSSR count). The van der Waals surface area contributed by atoms with Crippen molar-refractivity contribution in [2.75, 3.05) is 0 Å². The molecule has 0 aromatic carbocycles. The number of rotatable bonds is 3. The zero-order chi connectivity index (χ0) is 12.0. The summed E-state index contributed by atoms with van der Waals surface area (Å²) in [6, 6.07) is 0.596. The van der Waals surface area contributed by atoms with Crippen molar-refractivity contribution in [1.82, 2.24) is 24.8 Å². The van der Waals surface area contributed by atoms with Gasteiger partial charge in [-0.2, -0.15) is 15.0 Å². The number of hydrogen-bond donors (Lipinski definition) is 0. The number of hydrogen-bond acceptors (Lipinski definition) is 3. The van der Waals surface area contributed by atoms with Crippen LogP contribution in [-0.2, 0) is 13.5 Å². The van der Waals surface area contributed by atoms with Crippen LogP contribution in [0.1, 0.15) is 30.1 Å². The maximum absolute atomic E-state index is 4.42. The van der Waals surface area contributed by atoms with Crippen LogP contribution in [0.15, 0.2) is 10.8 Å². The van der Waals surface area contributed by atoms with Crippen molar-refractivity contribution in [2.45, 2.75) is 25.3 Å². The van der Waals surface area contributed by atoms with Gasteiger partial charge in [-0.15, -0.1) is 5.10 Å². The van der Waals surface area contributed by atoms with Gasteiger partial charge in [-0.25, -0.2) is 0 Å². The number of aryl methyl sites for hydroxylation is 1. The predicted molar refractivity (Wildman–Crippen MR) is 74.7 cm³/mol. The second kappa shape index (κ2) is 4.34. The molecule has 2 aromatic heterocycles. The molecule has 1 aliphatic carbocycles. The molecule has 0 unspecified atom stereocenters. The van der Waals surface area contributed by atoms with Crippen molar-refractivity contribution in [3.63, 3.8) is 0 Å². The molecular formula is C10H11BrIN5. The second-order valence-electron chi connectivity index (χ2n) is 4.24. The maximum atomic E-state index is 4.42. The molecule has 0 atom stereocenters. The summed E-state index contributed by atoms with van der Waals surface area (Å²) in [5, 5.41) is 13.0. The minimum Gasteiger partial charge on any atom is -0.255 e. The van der Waals surface area contributed by atoms with Crippen molar-refractivity contribution in [3.05, 3.63) is 25.8 Å². The smallest absolute Gasteiger partial charge is 0.147 e. The van der Waals surface area contributed by atoms with Gasteiger partial charge < -0.3 is 0 Å². The average Bonchev–Trinajstić information content (AvgIpc) is 2.98. The summed E-state index contributed by atoms with van der Waals surface area (Å²) in [5.74, 6) is 0. The zero-order valence-electron chi connectivity index (χ0n) is 9.27. The van der Waals surface area contributed by atoms with E-state index in [0.29, 0.717) is 6.04 Å². The fraction of sp³-hybridized carbons (Fsp3) is 0.500. The Bertz CT molecular complexity index is 557. The normalized spacial score (nSPS) is 15.5. The van der Waals surface area contributed by atoms with E-state index in [2.05, 4.69) is 58.5 Å². The lowest BCUT2D eigenvalue weighted by Crippen LogP contribution is -1.97. The van der Waals surface area contributed by atoms with Gasteiger partial charge in [0.1, 0.15) is 14.0 Å². The summed E-state index contributed by atoms with van der Waals surface area (Å²) in [6.45, 7) is 0. The SMILES string of the molecule is Cn1nc(I)c(Cc2cnn(C3CC3)c2Br)n1. The summed E-state index contributed by atoms with van der Waals surface area (Å²) in [7, 11) is 1.84. The van der Waals surface area contributed by atoms with Gasteiger partial charge in [-0.1, -0.05) is 0 Å².